The number of hydrazine groups is 1. The first-order valence-electron chi connectivity index (χ1n) is 5.06. The maximum absolute atomic E-state index is 5.80. The van der Waals surface area contributed by atoms with Gasteiger partial charge in [0.05, 0.1) is 0 Å². The van der Waals surface area contributed by atoms with Crippen LogP contribution in [0.25, 0.3) is 0 Å². The van der Waals surface area contributed by atoms with Gasteiger partial charge in [-0.1, -0.05) is 31.6 Å². The summed E-state index contributed by atoms with van der Waals surface area (Å²) >= 11 is 5.80. The maximum Gasteiger partial charge on any atom is 0.0454 e. The molecule has 0 radical (unpaired) electrons. The van der Waals surface area contributed by atoms with E-state index in [0.29, 0.717) is 12.3 Å². The fraction of sp³-hybridized carbons (Fsp3) is 0.455. The lowest BCUT2D eigenvalue weighted by Gasteiger charge is -2.06. The van der Waals surface area contributed by atoms with Crippen molar-refractivity contribution < 1.29 is 0 Å². The normalized spacial score (nSPS) is 13.5. The van der Waals surface area contributed by atoms with Crippen molar-refractivity contribution in [2.75, 3.05) is 5.88 Å². The Morgan fingerprint density at radius 1 is 1.47 bits per heavy atom. The first kappa shape index (κ1) is 14.1. The van der Waals surface area contributed by atoms with Crippen LogP contribution in [0, 0.1) is 0 Å². The molecule has 0 rings (SSSR count). The van der Waals surface area contributed by atoms with Gasteiger partial charge < -0.3 is 11.2 Å². The summed E-state index contributed by atoms with van der Waals surface area (Å²) < 4.78 is 0. The van der Waals surface area contributed by atoms with Crippen molar-refractivity contribution >= 4 is 11.6 Å². The van der Waals surface area contributed by atoms with E-state index in [0.717, 1.165) is 24.1 Å². The van der Waals surface area contributed by atoms with E-state index >= 15 is 0 Å². The lowest BCUT2D eigenvalue weighted by Crippen LogP contribution is -2.22. The van der Waals surface area contributed by atoms with Gasteiger partial charge in [-0.05, 0) is 12.0 Å². The summed E-state index contributed by atoms with van der Waals surface area (Å²) in [6.07, 6.45) is 10.5. The number of nitrogens with one attached hydrogen (secondary N) is 1. The van der Waals surface area contributed by atoms with Gasteiger partial charge in [-0.15, -0.1) is 11.6 Å². The molecule has 0 aromatic rings. The highest BCUT2D eigenvalue weighted by molar-refractivity contribution is 6.19. The first-order valence-corrected chi connectivity index (χ1v) is 5.59. The van der Waals surface area contributed by atoms with E-state index in [1.807, 2.05) is 12.2 Å². The van der Waals surface area contributed by atoms with Crippen LogP contribution in [0.1, 0.15) is 26.2 Å². The highest BCUT2D eigenvalue weighted by Crippen LogP contribution is 2.09. The molecule has 5 N–H and O–H groups in total. The average Bonchev–Trinajstić information content (AvgIpc) is 2.28. The Hall–Kier alpha value is -0.930. The van der Waals surface area contributed by atoms with Crippen LogP contribution in [0.4, 0.5) is 0 Å². The molecule has 0 fully saturated rings. The summed E-state index contributed by atoms with van der Waals surface area (Å²) in [6.45, 7) is 2.14. The van der Waals surface area contributed by atoms with Gasteiger partial charge in [-0.25, -0.2) is 0 Å². The topological polar surface area (TPSA) is 64.1 Å². The molecule has 4 heteroatoms. The number of rotatable bonds is 7. The average molecular weight is 230 g/mol. The largest absolute Gasteiger partial charge is 0.403 e. The molecule has 86 valence electrons. The SMILES string of the molecule is CCC/C=C\C=C(/CCl)C/C(=C/N)NN. The summed E-state index contributed by atoms with van der Waals surface area (Å²) in [4.78, 5) is 0. The fourth-order valence-corrected chi connectivity index (χ4v) is 1.20. The zero-order chi connectivity index (χ0) is 11.5. The molecule has 15 heavy (non-hydrogen) atoms. The molecule has 0 saturated carbocycles. The molecule has 0 amide bonds. The second kappa shape index (κ2) is 9.62. The summed E-state index contributed by atoms with van der Waals surface area (Å²) in [5.74, 6) is 5.76. The highest BCUT2D eigenvalue weighted by Gasteiger charge is 1.98. The molecule has 0 aromatic carbocycles. The van der Waals surface area contributed by atoms with E-state index in [1.165, 1.54) is 6.20 Å². The lowest BCUT2D eigenvalue weighted by molar-refractivity contribution is 0.831. The molecule has 3 nitrogen and oxygen atoms in total. The Balaban J connectivity index is 4.23. The van der Waals surface area contributed by atoms with Crippen molar-refractivity contribution in [2.24, 2.45) is 11.6 Å². The number of unbranched alkanes of at least 4 members (excludes halogenated alkanes) is 1. The van der Waals surface area contributed by atoms with Crippen LogP contribution < -0.4 is 17.0 Å². The molecule has 0 aromatic heterocycles. The zero-order valence-electron chi connectivity index (χ0n) is 9.17. The van der Waals surface area contributed by atoms with Crippen molar-refractivity contribution in [3.05, 3.63) is 35.7 Å². The highest BCUT2D eigenvalue weighted by atomic mass is 35.5. The molecule has 0 atom stereocenters. The third kappa shape index (κ3) is 7.05. The van der Waals surface area contributed by atoms with Gasteiger partial charge in [-0.2, -0.15) is 0 Å². The van der Waals surface area contributed by atoms with Gasteiger partial charge >= 0.3 is 0 Å². The van der Waals surface area contributed by atoms with Gasteiger partial charge in [0.15, 0.2) is 0 Å². The number of hydrogen-bond acceptors (Lipinski definition) is 3. The van der Waals surface area contributed by atoms with Crippen LogP contribution in [0.15, 0.2) is 35.7 Å². The molecule has 0 spiro atoms. The fourth-order valence-electron chi connectivity index (χ4n) is 1.02. The predicted octanol–water partition coefficient (Wildman–Crippen LogP) is 2.16. The Labute approximate surface area is 96.8 Å². The van der Waals surface area contributed by atoms with Gasteiger partial charge in [0.1, 0.15) is 0 Å². The van der Waals surface area contributed by atoms with Crippen molar-refractivity contribution in [1.82, 2.24) is 5.43 Å². The van der Waals surface area contributed by atoms with E-state index in [2.05, 4.69) is 18.4 Å². The van der Waals surface area contributed by atoms with E-state index < -0.39 is 0 Å². The number of alkyl halides is 1. The maximum atomic E-state index is 5.80. The Morgan fingerprint density at radius 3 is 2.67 bits per heavy atom. The van der Waals surface area contributed by atoms with Crippen LogP contribution in [0.5, 0.6) is 0 Å². The van der Waals surface area contributed by atoms with E-state index in [-0.39, 0.29) is 0 Å². The minimum Gasteiger partial charge on any atom is -0.403 e. The van der Waals surface area contributed by atoms with Crippen LogP contribution in [-0.2, 0) is 0 Å². The third-order valence-electron chi connectivity index (χ3n) is 1.90. The quantitative estimate of drug-likeness (QED) is 0.271. The Bertz CT molecular complexity index is 244. The molecule has 0 bridgehead atoms. The van der Waals surface area contributed by atoms with Crippen molar-refractivity contribution in [2.45, 2.75) is 26.2 Å². The number of hydrogen-bond donors (Lipinski definition) is 3. The molecule has 0 heterocycles. The van der Waals surface area contributed by atoms with E-state index in [4.69, 9.17) is 23.2 Å². The van der Waals surface area contributed by atoms with Crippen molar-refractivity contribution in [3.63, 3.8) is 0 Å². The van der Waals surface area contributed by atoms with Crippen LogP contribution in [0.3, 0.4) is 0 Å². The third-order valence-corrected chi connectivity index (χ3v) is 2.24. The van der Waals surface area contributed by atoms with Crippen molar-refractivity contribution in [1.29, 1.82) is 0 Å². The second-order valence-electron chi connectivity index (χ2n) is 3.19. The van der Waals surface area contributed by atoms with E-state index in [9.17, 15) is 0 Å². The first-order chi connectivity index (χ1) is 7.28. The molecule has 0 saturated heterocycles. The Morgan fingerprint density at radius 2 is 2.20 bits per heavy atom. The number of nitrogens with two attached hydrogens (primary N) is 2. The van der Waals surface area contributed by atoms with Crippen LogP contribution in [0.2, 0.25) is 0 Å². The molecular weight excluding hydrogens is 210 g/mol. The zero-order valence-corrected chi connectivity index (χ0v) is 9.93. The summed E-state index contributed by atoms with van der Waals surface area (Å²) in [5, 5.41) is 0. The van der Waals surface area contributed by atoms with Crippen LogP contribution >= 0.6 is 11.6 Å². The predicted molar refractivity (Wildman–Crippen MR) is 67.1 cm³/mol. The Kier molecular flexibility index (Phi) is 9.02. The van der Waals surface area contributed by atoms with Crippen LogP contribution in [-0.4, -0.2) is 5.88 Å². The molecular formula is C11H20ClN3. The van der Waals surface area contributed by atoms with Gasteiger partial charge in [0.2, 0.25) is 0 Å². The lowest BCUT2D eigenvalue weighted by atomic mass is 10.1. The van der Waals surface area contributed by atoms with Crippen molar-refractivity contribution in [3.8, 4) is 0 Å². The van der Waals surface area contributed by atoms with E-state index in [1.54, 1.807) is 0 Å². The summed E-state index contributed by atoms with van der Waals surface area (Å²) in [5.41, 5.74) is 9.75. The molecule has 0 aliphatic carbocycles. The summed E-state index contributed by atoms with van der Waals surface area (Å²) in [6, 6.07) is 0. The smallest absolute Gasteiger partial charge is 0.0454 e. The van der Waals surface area contributed by atoms with Gasteiger partial charge in [0.25, 0.3) is 0 Å². The summed E-state index contributed by atoms with van der Waals surface area (Å²) in [7, 11) is 0. The number of halogens is 1. The molecule has 0 aliphatic heterocycles. The number of allylic oxidation sites excluding steroid dienone is 4. The minimum absolute atomic E-state index is 0.482. The molecule has 0 unspecified atom stereocenters. The second-order valence-corrected chi connectivity index (χ2v) is 3.46. The molecule has 0 aliphatic rings. The minimum atomic E-state index is 0.482. The standard InChI is InChI=1S/C11H20ClN3/c1-2-3-4-5-6-10(8-12)7-11(9-13)15-14/h4-6,9,15H,2-3,7-8,13-14H2,1H3/b5-4-,10-6-,11-9-. The van der Waals surface area contributed by atoms with Gasteiger partial charge in [-0.3, -0.25) is 5.84 Å². The van der Waals surface area contributed by atoms with Gasteiger partial charge in [0, 0.05) is 24.2 Å². The monoisotopic (exact) mass is 229 g/mol.